The zero-order chi connectivity index (χ0) is 21.1. The Morgan fingerprint density at radius 1 is 0.438 bits per heavy atom. The third-order valence-corrected chi connectivity index (χ3v) is 7.08. The summed E-state index contributed by atoms with van der Waals surface area (Å²) in [6, 6.07) is 44.2. The molecule has 7 rings (SSSR count). The number of hydrogen-bond acceptors (Lipinski definition) is 0. The van der Waals surface area contributed by atoms with Gasteiger partial charge in [0.05, 0.1) is 5.41 Å². The molecule has 0 saturated heterocycles. The molecule has 0 bridgehead atoms. The summed E-state index contributed by atoms with van der Waals surface area (Å²) in [4.78, 5) is 3.65. The van der Waals surface area contributed by atoms with Gasteiger partial charge in [-0.1, -0.05) is 103 Å². The average Bonchev–Trinajstić information content (AvgIpc) is 3.37. The van der Waals surface area contributed by atoms with Gasteiger partial charge in [0.15, 0.2) is 0 Å². The lowest BCUT2D eigenvalue weighted by molar-refractivity contribution is 0.769. The average molecular weight is 408 g/mol. The fourth-order valence-electron chi connectivity index (χ4n) is 5.79. The second kappa shape index (κ2) is 6.45. The molecule has 0 saturated carbocycles. The zero-order valence-corrected chi connectivity index (χ0v) is 17.5. The first-order valence-corrected chi connectivity index (χ1v) is 11.1. The van der Waals surface area contributed by atoms with Gasteiger partial charge in [0.2, 0.25) is 0 Å². The van der Waals surface area contributed by atoms with Crippen LogP contribution in [0, 0.1) is 0 Å². The molecule has 0 radical (unpaired) electrons. The van der Waals surface area contributed by atoms with E-state index in [1.807, 2.05) is 0 Å². The van der Waals surface area contributed by atoms with E-state index in [9.17, 15) is 0 Å². The van der Waals surface area contributed by atoms with Crippen LogP contribution in [0.2, 0.25) is 0 Å². The lowest BCUT2D eigenvalue weighted by atomic mass is 9.67. The summed E-state index contributed by atoms with van der Waals surface area (Å²) < 4.78 is 0. The molecule has 0 spiro atoms. The molecule has 1 heterocycles. The molecule has 0 fully saturated rings. The third kappa shape index (κ3) is 2.18. The second-order valence-electron chi connectivity index (χ2n) is 8.64. The van der Waals surface area contributed by atoms with Gasteiger partial charge in [-0.3, -0.25) is 0 Å². The Morgan fingerprint density at radius 3 is 1.81 bits per heavy atom. The minimum absolute atomic E-state index is 0.346. The van der Waals surface area contributed by atoms with Crippen LogP contribution >= 0.6 is 0 Å². The Labute approximate surface area is 187 Å². The Hall–Kier alpha value is -4.10. The van der Waals surface area contributed by atoms with E-state index < -0.39 is 0 Å². The van der Waals surface area contributed by atoms with Crippen LogP contribution in [0.5, 0.6) is 0 Å². The van der Waals surface area contributed by atoms with Crippen LogP contribution in [0.3, 0.4) is 0 Å². The summed E-state index contributed by atoms with van der Waals surface area (Å²) in [5.74, 6) is 0. The van der Waals surface area contributed by atoms with E-state index in [1.165, 1.54) is 55.2 Å². The molecule has 0 unspecified atom stereocenters. The maximum Gasteiger partial charge on any atom is 0.0713 e. The minimum Gasteiger partial charge on any atom is -0.354 e. The number of hydrogen-bond donors (Lipinski definition) is 1. The Balaban J connectivity index is 1.70. The highest BCUT2D eigenvalue weighted by molar-refractivity contribution is 6.10. The zero-order valence-electron chi connectivity index (χ0n) is 17.5. The van der Waals surface area contributed by atoms with E-state index in [2.05, 4.69) is 126 Å². The predicted octanol–water partition coefficient (Wildman–Crippen LogP) is 7.68. The molecule has 1 aliphatic rings. The topological polar surface area (TPSA) is 15.8 Å². The van der Waals surface area contributed by atoms with Crippen LogP contribution in [0.1, 0.15) is 22.3 Å². The fraction of sp³-hybridized carbons (Fsp3) is 0.0323. The molecule has 0 atom stereocenters. The molecule has 1 N–H and O–H groups in total. The lowest BCUT2D eigenvalue weighted by Gasteiger charge is -2.33. The van der Waals surface area contributed by atoms with E-state index >= 15 is 0 Å². The van der Waals surface area contributed by atoms with E-state index in [1.54, 1.807) is 0 Å². The summed E-state index contributed by atoms with van der Waals surface area (Å²) >= 11 is 0. The van der Waals surface area contributed by atoms with Gasteiger partial charge in [0.1, 0.15) is 0 Å². The van der Waals surface area contributed by atoms with Gasteiger partial charge in [0.25, 0.3) is 0 Å². The van der Waals surface area contributed by atoms with Crippen molar-refractivity contribution < 1.29 is 0 Å². The van der Waals surface area contributed by atoms with Gasteiger partial charge < -0.3 is 4.98 Å². The van der Waals surface area contributed by atoms with Crippen molar-refractivity contribution >= 4 is 21.8 Å². The molecular weight excluding hydrogens is 386 g/mol. The Bertz CT molecular complexity index is 1570. The molecule has 5 aromatic carbocycles. The van der Waals surface area contributed by atoms with Gasteiger partial charge >= 0.3 is 0 Å². The van der Waals surface area contributed by atoms with E-state index in [4.69, 9.17) is 0 Å². The fourth-order valence-corrected chi connectivity index (χ4v) is 5.79. The molecule has 0 amide bonds. The first-order chi connectivity index (χ1) is 15.9. The van der Waals surface area contributed by atoms with Gasteiger partial charge in [-0.2, -0.15) is 0 Å². The van der Waals surface area contributed by atoms with Crippen molar-refractivity contribution in [1.29, 1.82) is 0 Å². The molecule has 1 aliphatic carbocycles. The monoisotopic (exact) mass is 407 g/mol. The second-order valence-corrected chi connectivity index (χ2v) is 8.64. The van der Waals surface area contributed by atoms with Gasteiger partial charge in [0, 0.05) is 21.8 Å². The van der Waals surface area contributed by atoms with Crippen molar-refractivity contribution in [2.24, 2.45) is 0 Å². The summed E-state index contributed by atoms with van der Waals surface area (Å²) in [5.41, 5.74) is 9.97. The highest BCUT2D eigenvalue weighted by Gasteiger charge is 2.46. The van der Waals surface area contributed by atoms with Crippen LogP contribution in [0.4, 0.5) is 0 Å². The molecular formula is C31H21N. The van der Waals surface area contributed by atoms with Gasteiger partial charge in [-0.25, -0.2) is 0 Å². The number of para-hydroxylation sites is 1. The van der Waals surface area contributed by atoms with Crippen LogP contribution in [-0.2, 0) is 5.41 Å². The largest absolute Gasteiger partial charge is 0.354 e. The van der Waals surface area contributed by atoms with Crippen molar-refractivity contribution in [2.45, 2.75) is 5.41 Å². The Kier molecular flexibility index (Phi) is 3.54. The number of aromatic amines is 1. The highest BCUT2D eigenvalue weighted by atomic mass is 14.7. The normalized spacial score (nSPS) is 13.9. The first-order valence-electron chi connectivity index (χ1n) is 11.1. The predicted molar refractivity (Wildman–Crippen MR) is 133 cm³/mol. The third-order valence-electron chi connectivity index (χ3n) is 7.08. The molecule has 32 heavy (non-hydrogen) atoms. The van der Waals surface area contributed by atoms with Crippen LogP contribution in [0.25, 0.3) is 32.9 Å². The minimum atomic E-state index is -0.346. The van der Waals surface area contributed by atoms with E-state index in [0.29, 0.717) is 0 Å². The van der Waals surface area contributed by atoms with E-state index in [0.717, 1.165) is 0 Å². The number of rotatable bonds is 2. The summed E-state index contributed by atoms with van der Waals surface area (Å²) in [7, 11) is 0. The van der Waals surface area contributed by atoms with Crippen LogP contribution in [-0.4, -0.2) is 4.98 Å². The summed E-state index contributed by atoms with van der Waals surface area (Å²) in [5, 5.41) is 2.56. The molecule has 0 aliphatic heterocycles. The van der Waals surface area contributed by atoms with Crippen molar-refractivity contribution in [1.82, 2.24) is 4.98 Å². The maximum absolute atomic E-state index is 3.65. The quantitative estimate of drug-likeness (QED) is 0.302. The molecule has 1 aromatic heterocycles. The number of H-pyrrole nitrogens is 1. The van der Waals surface area contributed by atoms with Crippen LogP contribution < -0.4 is 0 Å². The van der Waals surface area contributed by atoms with Crippen molar-refractivity contribution in [3.8, 4) is 11.1 Å². The number of benzene rings is 5. The van der Waals surface area contributed by atoms with Crippen molar-refractivity contribution in [3.63, 3.8) is 0 Å². The SMILES string of the molecule is c1ccc(C2(c3ccccc3)c3ccccc3-c3cc4[nH]c5ccccc5c4cc32)cc1. The maximum atomic E-state index is 3.65. The molecule has 150 valence electrons. The Morgan fingerprint density at radius 2 is 1.06 bits per heavy atom. The standard InChI is InChI=1S/C31H21N/c1-3-11-21(12-4-1)31(22-13-5-2-6-14-22)27-17-9-7-15-23(27)25-20-30-26(19-28(25)31)24-16-8-10-18-29(24)32-30/h1-20,32H. The number of nitrogens with one attached hydrogen (secondary N) is 1. The number of aromatic nitrogens is 1. The molecule has 6 aromatic rings. The lowest BCUT2D eigenvalue weighted by Crippen LogP contribution is -2.28. The summed E-state index contributed by atoms with van der Waals surface area (Å²) in [6.07, 6.45) is 0. The van der Waals surface area contributed by atoms with Crippen molar-refractivity contribution in [2.75, 3.05) is 0 Å². The van der Waals surface area contributed by atoms with Gasteiger partial charge in [-0.05, 0) is 51.6 Å². The number of fused-ring (bicyclic) bond motifs is 6. The first kappa shape index (κ1) is 17.6. The van der Waals surface area contributed by atoms with Gasteiger partial charge in [-0.15, -0.1) is 0 Å². The van der Waals surface area contributed by atoms with Crippen molar-refractivity contribution in [3.05, 3.63) is 144 Å². The molecule has 1 heteroatoms. The smallest absolute Gasteiger partial charge is 0.0713 e. The molecule has 1 nitrogen and oxygen atoms in total. The van der Waals surface area contributed by atoms with Crippen LogP contribution in [0.15, 0.2) is 121 Å². The highest BCUT2D eigenvalue weighted by Crippen LogP contribution is 2.56. The summed E-state index contributed by atoms with van der Waals surface area (Å²) in [6.45, 7) is 0. The van der Waals surface area contributed by atoms with E-state index in [-0.39, 0.29) is 5.41 Å².